The van der Waals surface area contributed by atoms with Crippen LogP contribution in [0.1, 0.15) is 11.3 Å². The molecule has 1 atom stereocenters. The van der Waals surface area contributed by atoms with Crippen molar-refractivity contribution in [2.45, 2.75) is 5.75 Å². The molecule has 3 aromatic rings. The predicted molar refractivity (Wildman–Crippen MR) is 95.3 cm³/mol. The summed E-state index contributed by atoms with van der Waals surface area (Å²) >= 11 is 1.48. The quantitative estimate of drug-likeness (QED) is 0.688. The Bertz CT molecular complexity index is 801. The summed E-state index contributed by atoms with van der Waals surface area (Å²) in [5, 5.41) is 2.68. The van der Waals surface area contributed by atoms with Gasteiger partial charge in [-0.2, -0.15) is 0 Å². The average Bonchev–Trinajstić information content (AvgIpc) is 3.05. The van der Waals surface area contributed by atoms with Gasteiger partial charge in [-0.05, 0) is 11.6 Å². The van der Waals surface area contributed by atoms with Gasteiger partial charge in [0, 0.05) is 34.3 Å². The molecule has 0 saturated carbocycles. The minimum Gasteiger partial charge on any atom is -0.259 e. The Labute approximate surface area is 141 Å². The molecule has 1 aromatic carbocycles. The van der Waals surface area contributed by atoms with Gasteiger partial charge in [-0.25, -0.2) is 15.0 Å². The maximum Gasteiger partial charge on any atom is 0.188 e. The second kappa shape index (κ2) is 7.89. The Morgan fingerprint density at radius 2 is 1.87 bits per heavy atom. The van der Waals surface area contributed by atoms with Crippen molar-refractivity contribution >= 4 is 28.2 Å². The lowest BCUT2D eigenvalue weighted by atomic mass is 10.2. The molecule has 0 aliphatic carbocycles. The summed E-state index contributed by atoms with van der Waals surface area (Å²) in [5.41, 5.74) is 1.94. The molecule has 3 rings (SSSR count). The normalized spacial score (nSPS) is 12.5. The molecule has 116 valence electrons. The minimum atomic E-state index is -0.971. The zero-order valence-electron chi connectivity index (χ0n) is 12.3. The van der Waals surface area contributed by atoms with Crippen molar-refractivity contribution in [2.24, 2.45) is 0 Å². The molecule has 0 aliphatic heterocycles. The topological polar surface area (TPSA) is 55.7 Å². The summed E-state index contributed by atoms with van der Waals surface area (Å²) in [5.74, 6) is 1.57. The van der Waals surface area contributed by atoms with Gasteiger partial charge in [0.15, 0.2) is 10.8 Å². The lowest BCUT2D eigenvalue weighted by Crippen LogP contribution is -1.99. The van der Waals surface area contributed by atoms with E-state index >= 15 is 0 Å². The van der Waals surface area contributed by atoms with Crippen molar-refractivity contribution in [3.8, 4) is 10.8 Å². The van der Waals surface area contributed by atoms with E-state index < -0.39 is 10.8 Å². The summed E-state index contributed by atoms with van der Waals surface area (Å²) in [4.78, 5) is 12.8. The molecule has 2 heterocycles. The number of hydrogen-bond acceptors (Lipinski definition) is 5. The molecule has 0 spiro atoms. The summed E-state index contributed by atoms with van der Waals surface area (Å²) in [6, 6.07) is 11.8. The lowest BCUT2D eigenvalue weighted by molar-refractivity contribution is 0.684. The molecule has 0 N–H and O–H groups in total. The van der Waals surface area contributed by atoms with Crippen LogP contribution in [0, 0.1) is 0 Å². The smallest absolute Gasteiger partial charge is 0.188 e. The van der Waals surface area contributed by atoms with Crippen molar-refractivity contribution in [1.29, 1.82) is 0 Å². The van der Waals surface area contributed by atoms with Gasteiger partial charge in [-0.15, -0.1) is 11.3 Å². The number of hydrogen-bond donors (Lipinski definition) is 0. The lowest BCUT2D eigenvalue weighted by Gasteiger charge is -1.96. The van der Waals surface area contributed by atoms with E-state index in [2.05, 4.69) is 15.0 Å². The molecule has 0 aliphatic rings. The van der Waals surface area contributed by atoms with Crippen LogP contribution in [-0.2, 0) is 16.6 Å². The third kappa shape index (κ3) is 4.64. The van der Waals surface area contributed by atoms with E-state index in [-0.39, 0.29) is 0 Å². The molecule has 0 amide bonds. The van der Waals surface area contributed by atoms with E-state index in [9.17, 15) is 4.21 Å². The first-order valence-corrected chi connectivity index (χ1v) is 9.46. The molecular formula is C17H15N3OS2. The SMILES string of the molecule is O=[S@](C/C=C/c1ccccc1)Cc1csc(-c2ncccn2)n1. The second-order valence-corrected chi connectivity index (χ2v) is 7.14. The molecule has 4 nitrogen and oxygen atoms in total. The van der Waals surface area contributed by atoms with Gasteiger partial charge in [-0.1, -0.05) is 42.5 Å². The van der Waals surface area contributed by atoms with Gasteiger partial charge < -0.3 is 0 Å². The fourth-order valence-corrected chi connectivity index (χ4v) is 3.74. The number of thiazole rings is 1. The molecule has 23 heavy (non-hydrogen) atoms. The van der Waals surface area contributed by atoms with E-state index in [4.69, 9.17) is 0 Å². The molecule has 0 radical (unpaired) electrons. The van der Waals surface area contributed by atoms with Gasteiger partial charge in [0.2, 0.25) is 0 Å². The fraction of sp³-hybridized carbons (Fsp3) is 0.118. The maximum absolute atomic E-state index is 12.1. The van der Waals surface area contributed by atoms with Crippen LogP contribution in [0.3, 0.4) is 0 Å². The molecular weight excluding hydrogens is 326 g/mol. The first-order valence-electron chi connectivity index (χ1n) is 7.09. The largest absolute Gasteiger partial charge is 0.259 e. The average molecular weight is 341 g/mol. The molecule has 0 fully saturated rings. The first-order chi connectivity index (χ1) is 11.3. The van der Waals surface area contributed by atoms with Gasteiger partial charge in [0.05, 0.1) is 11.4 Å². The monoisotopic (exact) mass is 341 g/mol. The Morgan fingerprint density at radius 3 is 2.65 bits per heavy atom. The first kappa shape index (κ1) is 15.7. The zero-order valence-corrected chi connectivity index (χ0v) is 14.0. The van der Waals surface area contributed by atoms with Crippen molar-refractivity contribution in [1.82, 2.24) is 15.0 Å². The Morgan fingerprint density at radius 1 is 1.09 bits per heavy atom. The third-order valence-corrected chi connectivity index (χ3v) is 5.08. The highest BCUT2D eigenvalue weighted by Crippen LogP contribution is 2.20. The maximum atomic E-state index is 12.1. The van der Waals surface area contributed by atoms with Crippen LogP contribution in [0.4, 0.5) is 0 Å². The number of rotatable bonds is 6. The molecule has 6 heteroatoms. The van der Waals surface area contributed by atoms with Crippen LogP contribution in [0.25, 0.3) is 16.9 Å². The number of aromatic nitrogens is 3. The number of benzene rings is 1. The van der Waals surface area contributed by atoms with Crippen LogP contribution in [-0.4, -0.2) is 24.9 Å². The summed E-state index contributed by atoms with van der Waals surface area (Å²) in [6.07, 6.45) is 7.31. The molecule has 0 bridgehead atoms. The van der Waals surface area contributed by atoms with Gasteiger partial charge in [0.25, 0.3) is 0 Å². The van der Waals surface area contributed by atoms with Gasteiger partial charge >= 0.3 is 0 Å². The summed E-state index contributed by atoms with van der Waals surface area (Å²) in [7, 11) is -0.971. The summed E-state index contributed by atoms with van der Waals surface area (Å²) in [6.45, 7) is 0. The van der Waals surface area contributed by atoms with Gasteiger partial charge in [0.1, 0.15) is 0 Å². The zero-order chi connectivity index (χ0) is 15.9. The van der Waals surface area contributed by atoms with E-state index in [0.717, 1.165) is 16.3 Å². The van der Waals surface area contributed by atoms with Crippen molar-refractivity contribution in [2.75, 3.05) is 5.75 Å². The third-order valence-electron chi connectivity index (χ3n) is 3.01. The minimum absolute atomic E-state index is 0.447. The highest BCUT2D eigenvalue weighted by atomic mass is 32.2. The van der Waals surface area contributed by atoms with Crippen molar-refractivity contribution in [3.63, 3.8) is 0 Å². The number of nitrogens with zero attached hydrogens (tertiary/aromatic N) is 3. The molecule has 2 aromatic heterocycles. The van der Waals surface area contributed by atoms with Crippen LogP contribution >= 0.6 is 11.3 Å². The van der Waals surface area contributed by atoms with E-state index in [1.165, 1.54) is 11.3 Å². The van der Waals surface area contributed by atoms with Crippen molar-refractivity contribution < 1.29 is 4.21 Å². The highest BCUT2D eigenvalue weighted by molar-refractivity contribution is 7.84. The standard InChI is InChI=1S/C17H15N3OS2/c21-23(11-4-8-14-6-2-1-3-7-14)13-15-12-22-17(20-15)16-18-9-5-10-19-16/h1-10,12H,11,13H2/b8-4+/t23-/m1/s1. The van der Waals surface area contributed by atoms with E-state index in [0.29, 0.717) is 17.3 Å². The van der Waals surface area contributed by atoms with E-state index in [1.807, 2.05) is 47.9 Å². The van der Waals surface area contributed by atoms with Gasteiger partial charge in [-0.3, -0.25) is 4.21 Å². The van der Waals surface area contributed by atoms with E-state index in [1.54, 1.807) is 18.5 Å². The van der Waals surface area contributed by atoms with Crippen LogP contribution in [0.15, 0.2) is 60.2 Å². The van der Waals surface area contributed by atoms with Crippen LogP contribution in [0.2, 0.25) is 0 Å². The Hall–Kier alpha value is -2.18. The second-order valence-electron chi connectivity index (χ2n) is 4.78. The highest BCUT2D eigenvalue weighted by Gasteiger charge is 2.08. The Balaban J connectivity index is 1.56. The van der Waals surface area contributed by atoms with Crippen molar-refractivity contribution in [3.05, 3.63) is 71.5 Å². The Kier molecular flexibility index (Phi) is 5.39. The molecule has 0 unspecified atom stereocenters. The van der Waals surface area contributed by atoms with Crippen LogP contribution < -0.4 is 0 Å². The summed E-state index contributed by atoms with van der Waals surface area (Å²) < 4.78 is 12.1. The molecule has 0 saturated heterocycles. The predicted octanol–water partition coefficient (Wildman–Crippen LogP) is 3.56. The van der Waals surface area contributed by atoms with Crippen LogP contribution in [0.5, 0.6) is 0 Å². The fourth-order valence-electron chi connectivity index (χ4n) is 1.97.